The first-order valence-corrected chi connectivity index (χ1v) is 9.77. The quantitative estimate of drug-likeness (QED) is 0.410. The van der Waals surface area contributed by atoms with Crippen molar-refractivity contribution in [2.75, 3.05) is 5.75 Å². The smallest absolute Gasteiger partial charge is 0.349 e. The van der Waals surface area contributed by atoms with Gasteiger partial charge in [-0.05, 0) is 23.7 Å². The minimum Gasteiger partial charge on any atom is -0.477 e. The van der Waals surface area contributed by atoms with Gasteiger partial charge in [0.25, 0.3) is 5.88 Å². The number of rotatable bonds is 5. The molecule has 0 atom stereocenters. The van der Waals surface area contributed by atoms with Gasteiger partial charge in [-0.15, -0.1) is 11.3 Å². The van der Waals surface area contributed by atoms with Gasteiger partial charge in [-0.25, -0.2) is 9.78 Å². The molecule has 0 amide bonds. The van der Waals surface area contributed by atoms with Crippen LogP contribution in [0, 0.1) is 0 Å². The third-order valence-corrected chi connectivity index (χ3v) is 6.19. The fourth-order valence-electron chi connectivity index (χ4n) is 2.53. The van der Waals surface area contributed by atoms with E-state index in [0.717, 1.165) is 17.1 Å². The molecule has 0 aliphatic rings. The molecule has 0 unspecified atom stereocenters. The molecule has 3 rings (SSSR count). The van der Waals surface area contributed by atoms with Gasteiger partial charge in [0.2, 0.25) is 0 Å². The van der Waals surface area contributed by atoms with Gasteiger partial charge in [0.1, 0.15) is 0 Å². The first-order valence-electron chi connectivity index (χ1n) is 7.59. The van der Waals surface area contributed by atoms with Crippen LogP contribution in [-0.2, 0) is 20.5 Å². The highest BCUT2D eigenvalue weighted by Gasteiger charge is 2.25. The summed E-state index contributed by atoms with van der Waals surface area (Å²) < 4.78 is 3.75. The van der Waals surface area contributed by atoms with E-state index in [1.165, 1.54) is 23.1 Å². The number of thiazole rings is 1. The first-order chi connectivity index (χ1) is 12.0. The molecule has 0 saturated carbocycles. The summed E-state index contributed by atoms with van der Waals surface area (Å²) in [6.45, 7) is 0. The third-order valence-electron chi connectivity index (χ3n) is 3.80. The molecular formula is C17H17ClN3O2S2+. The van der Waals surface area contributed by atoms with Crippen LogP contribution in [0.25, 0.3) is 11.1 Å². The topological polar surface area (TPSA) is 59.0 Å². The van der Waals surface area contributed by atoms with Crippen molar-refractivity contribution in [1.82, 2.24) is 9.55 Å². The van der Waals surface area contributed by atoms with Crippen molar-refractivity contribution in [3.63, 3.8) is 0 Å². The lowest BCUT2D eigenvalue weighted by Crippen LogP contribution is -2.40. The number of hydrogen-bond acceptors (Lipinski definition) is 5. The van der Waals surface area contributed by atoms with Crippen molar-refractivity contribution in [1.29, 1.82) is 0 Å². The van der Waals surface area contributed by atoms with Crippen LogP contribution < -0.4 is 10.1 Å². The van der Waals surface area contributed by atoms with Crippen LogP contribution in [0.2, 0.25) is 4.47 Å². The van der Waals surface area contributed by atoms with Gasteiger partial charge >= 0.3 is 10.7 Å². The van der Waals surface area contributed by atoms with E-state index in [1.807, 2.05) is 30.3 Å². The number of aromatic nitrogens is 3. The molecule has 2 heterocycles. The Bertz CT molecular complexity index is 955. The van der Waals surface area contributed by atoms with E-state index < -0.39 is 0 Å². The van der Waals surface area contributed by atoms with Crippen LogP contribution in [0.15, 0.2) is 46.5 Å². The van der Waals surface area contributed by atoms with Crippen molar-refractivity contribution in [2.24, 2.45) is 14.1 Å². The molecule has 130 valence electrons. The van der Waals surface area contributed by atoms with Gasteiger partial charge in [-0.2, -0.15) is 9.13 Å². The van der Waals surface area contributed by atoms with Gasteiger partial charge in [0, 0.05) is 16.8 Å². The fourth-order valence-corrected chi connectivity index (χ4v) is 4.69. The van der Waals surface area contributed by atoms with Crippen molar-refractivity contribution in [3.8, 4) is 17.0 Å². The Balaban J connectivity index is 1.89. The monoisotopic (exact) mass is 394 g/mol. The zero-order valence-electron chi connectivity index (χ0n) is 13.8. The summed E-state index contributed by atoms with van der Waals surface area (Å²) in [6, 6.07) is 9.20. The third kappa shape index (κ3) is 3.73. The van der Waals surface area contributed by atoms with Crippen LogP contribution in [0.5, 0.6) is 5.88 Å². The minimum atomic E-state index is -0.217. The molecule has 25 heavy (non-hydrogen) atoms. The van der Waals surface area contributed by atoms with Crippen LogP contribution in [0.3, 0.4) is 0 Å². The first kappa shape index (κ1) is 18.0. The predicted octanol–water partition coefficient (Wildman–Crippen LogP) is 3.03. The molecule has 2 aromatic heterocycles. The number of thioether (sulfide) groups is 1. The van der Waals surface area contributed by atoms with E-state index in [-0.39, 0.29) is 11.4 Å². The van der Waals surface area contributed by atoms with E-state index in [0.29, 0.717) is 20.8 Å². The predicted molar refractivity (Wildman–Crippen MR) is 102 cm³/mol. The van der Waals surface area contributed by atoms with Crippen LogP contribution in [-0.4, -0.2) is 20.4 Å². The van der Waals surface area contributed by atoms with E-state index in [4.69, 9.17) is 11.6 Å². The van der Waals surface area contributed by atoms with E-state index in [2.05, 4.69) is 4.98 Å². The maximum absolute atomic E-state index is 12.8. The second kappa shape index (κ2) is 7.59. The molecule has 0 spiro atoms. The van der Waals surface area contributed by atoms with Crippen LogP contribution >= 0.6 is 34.7 Å². The van der Waals surface area contributed by atoms with Crippen molar-refractivity contribution in [2.45, 2.75) is 11.6 Å². The van der Waals surface area contributed by atoms with E-state index in [9.17, 15) is 9.90 Å². The number of halogens is 1. The Labute approximate surface area is 158 Å². The summed E-state index contributed by atoms with van der Waals surface area (Å²) in [4.78, 5) is 17.9. The van der Waals surface area contributed by atoms with Gasteiger partial charge in [0.05, 0.1) is 14.1 Å². The van der Waals surface area contributed by atoms with Gasteiger partial charge in [0.15, 0.2) is 10.0 Å². The lowest BCUT2D eigenvalue weighted by molar-refractivity contribution is -0.720. The lowest BCUT2D eigenvalue weighted by atomic mass is 10.1. The molecule has 3 aromatic rings. The van der Waals surface area contributed by atoms with Crippen LogP contribution in [0.4, 0.5) is 0 Å². The summed E-state index contributed by atoms with van der Waals surface area (Å²) in [5.41, 5.74) is 0.793. The average molecular weight is 395 g/mol. The molecule has 1 N–H and O–H groups in total. The molecule has 0 radical (unpaired) electrons. The van der Waals surface area contributed by atoms with E-state index in [1.54, 1.807) is 29.4 Å². The standard InChI is InChI=1S/C17H16ClN3O2S2/c1-20-14(22)13(11-6-4-3-5-7-11)15(23)21(2)17(20)24-9-8-12-10-19-16(18)25-12/h3-7,10H,8-9H2,1-2H3/p+1. The maximum Gasteiger partial charge on any atom is 0.349 e. The summed E-state index contributed by atoms with van der Waals surface area (Å²) in [7, 11) is 3.48. The Kier molecular flexibility index (Phi) is 5.46. The number of aryl methyl sites for hydroxylation is 1. The van der Waals surface area contributed by atoms with Gasteiger partial charge < -0.3 is 5.11 Å². The molecular weight excluding hydrogens is 378 g/mol. The van der Waals surface area contributed by atoms with Crippen LogP contribution in [0.1, 0.15) is 4.88 Å². The average Bonchev–Trinajstić information content (AvgIpc) is 3.03. The molecule has 0 fully saturated rings. The second-order valence-electron chi connectivity index (χ2n) is 5.45. The number of benzene rings is 1. The highest BCUT2D eigenvalue weighted by Crippen LogP contribution is 2.25. The van der Waals surface area contributed by atoms with Crippen molar-refractivity contribution in [3.05, 3.63) is 56.2 Å². The molecule has 0 aliphatic heterocycles. The summed E-state index contributed by atoms with van der Waals surface area (Å²) in [6.07, 6.45) is 2.56. The highest BCUT2D eigenvalue weighted by molar-refractivity contribution is 7.99. The number of nitrogens with zero attached hydrogens (tertiary/aromatic N) is 3. The molecule has 1 aromatic carbocycles. The molecule has 0 bridgehead atoms. The number of aromatic hydroxyl groups is 1. The lowest BCUT2D eigenvalue weighted by Gasteiger charge is -2.10. The zero-order valence-corrected chi connectivity index (χ0v) is 16.2. The highest BCUT2D eigenvalue weighted by atomic mass is 35.5. The van der Waals surface area contributed by atoms with Crippen molar-refractivity contribution >= 4 is 34.7 Å². The molecule has 0 saturated heterocycles. The molecule has 0 aliphatic carbocycles. The molecule has 8 heteroatoms. The Hall–Kier alpha value is -1.83. The Morgan fingerprint density at radius 3 is 2.72 bits per heavy atom. The van der Waals surface area contributed by atoms with Crippen molar-refractivity contribution < 1.29 is 9.67 Å². The summed E-state index contributed by atoms with van der Waals surface area (Å²) in [5.74, 6) is 0.724. The summed E-state index contributed by atoms with van der Waals surface area (Å²) in [5, 5.41) is 11.3. The second-order valence-corrected chi connectivity index (χ2v) is 8.21. The minimum absolute atomic E-state index is 0.0300. The maximum atomic E-state index is 12.8. The Morgan fingerprint density at radius 1 is 1.36 bits per heavy atom. The SMILES string of the molecule is Cn1c(SCCc2cnc(Cl)s2)[n+](C)c(O)c(-c2ccccc2)c1=O. The van der Waals surface area contributed by atoms with Gasteiger partial charge in [-0.1, -0.05) is 41.9 Å². The normalized spacial score (nSPS) is 11.0. The Morgan fingerprint density at radius 2 is 2.08 bits per heavy atom. The fraction of sp³-hybridized carbons (Fsp3) is 0.235. The number of hydrogen-bond donors (Lipinski definition) is 1. The van der Waals surface area contributed by atoms with E-state index >= 15 is 0 Å². The zero-order chi connectivity index (χ0) is 18.0. The summed E-state index contributed by atoms with van der Waals surface area (Å²) >= 11 is 8.81. The van der Waals surface area contributed by atoms with Gasteiger partial charge in [-0.3, -0.25) is 0 Å². The largest absolute Gasteiger partial charge is 0.477 e. The molecule has 5 nitrogen and oxygen atoms in total.